The van der Waals surface area contributed by atoms with E-state index in [1.54, 1.807) is 10.6 Å². The van der Waals surface area contributed by atoms with Crippen molar-refractivity contribution in [3.05, 3.63) is 51.6 Å². The lowest BCUT2D eigenvalue weighted by Gasteiger charge is -2.24. The summed E-state index contributed by atoms with van der Waals surface area (Å²) in [7, 11) is 0. The van der Waals surface area contributed by atoms with E-state index < -0.39 is 0 Å². The Morgan fingerprint density at radius 3 is 2.79 bits per heavy atom. The van der Waals surface area contributed by atoms with E-state index in [0.29, 0.717) is 39.7 Å². The summed E-state index contributed by atoms with van der Waals surface area (Å²) in [5.74, 6) is 1.44. The van der Waals surface area contributed by atoms with Gasteiger partial charge in [-0.15, -0.1) is 0 Å². The Labute approximate surface area is 172 Å². The standard InChI is InChI=1S/C19H19Cl2N7/c20-14-4-12(5-15(21)6-14)9-24-18-7-17(26-16-2-1-3-23-11-16)27-19-13(8-22)10-25-28(18)19/h4-7,10,16,23-24H,1-3,9,11H2,(H,26,27). The van der Waals surface area contributed by atoms with Crippen molar-refractivity contribution in [1.29, 1.82) is 5.26 Å². The maximum Gasteiger partial charge on any atom is 0.177 e. The third kappa shape index (κ3) is 4.14. The van der Waals surface area contributed by atoms with Crippen LogP contribution >= 0.6 is 23.2 Å². The fourth-order valence-electron chi connectivity index (χ4n) is 3.33. The van der Waals surface area contributed by atoms with E-state index in [2.05, 4.69) is 32.1 Å². The molecule has 1 aliphatic rings. The molecule has 0 radical (unpaired) electrons. The molecule has 0 amide bonds. The summed E-state index contributed by atoms with van der Waals surface area (Å²) in [5.41, 5.74) is 1.89. The molecule has 3 heterocycles. The second-order valence-corrected chi connectivity index (χ2v) is 7.62. The third-order valence-corrected chi connectivity index (χ3v) is 5.07. The quantitative estimate of drug-likeness (QED) is 0.588. The molecule has 1 fully saturated rings. The van der Waals surface area contributed by atoms with Crippen LogP contribution in [0.25, 0.3) is 5.65 Å². The molecule has 2 aromatic heterocycles. The topological polar surface area (TPSA) is 90.1 Å². The van der Waals surface area contributed by atoms with Crippen LogP contribution in [0.15, 0.2) is 30.5 Å². The first kappa shape index (κ1) is 18.8. The largest absolute Gasteiger partial charge is 0.366 e. The average Bonchev–Trinajstić information content (AvgIpc) is 3.09. The third-order valence-electron chi connectivity index (χ3n) is 4.64. The molecule has 0 saturated carbocycles. The number of benzene rings is 1. The van der Waals surface area contributed by atoms with Crippen LogP contribution in [0.3, 0.4) is 0 Å². The first-order valence-electron chi connectivity index (χ1n) is 9.07. The Kier molecular flexibility index (Phi) is 5.53. The summed E-state index contributed by atoms with van der Waals surface area (Å²) in [6, 6.07) is 9.77. The van der Waals surface area contributed by atoms with E-state index in [1.807, 2.05) is 18.2 Å². The van der Waals surface area contributed by atoms with Crippen LogP contribution in [0.4, 0.5) is 11.6 Å². The Bertz CT molecular complexity index is 1010. The van der Waals surface area contributed by atoms with Gasteiger partial charge < -0.3 is 16.0 Å². The van der Waals surface area contributed by atoms with E-state index >= 15 is 0 Å². The number of rotatable bonds is 5. The van der Waals surface area contributed by atoms with Gasteiger partial charge >= 0.3 is 0 Å². The maximum atomic E-state index is 9.37. The molecule has 1 aliphatic heterocycles. The number of nitrogens with zero attached hydrogens (tertiary/aromatic N) is 4. The van der Waals surface area contributed by atoms with Gasteiger partial charge in [-0.1, -0.05) is 23.2 Å². The molecular weight excluding hydrogens is 397 g/mol. The molecule has 1 atom stereocenters. The molecule has 0 spiro atoms. The van der Waals surface area contributed by atoms with Gasteiger partial charge in [0, 0.05) is 35.2 Å². The minimum atomic E-state index is 0.303. The van der Waals surface area contributed by atoms with Crippen molar-refractivity contribution in [1.82, 2.24) is 19.9 Å². The highest BCUT2D eigenvalue weighted by Gasteiger charge is 2.16. The van der Waals surface area contributed by atoms with E-state index in [0.717, 1.165) is 37.3 Å². The van der Waals surface area contributed by atoms with Gasteiger partial charge in [0.05, 0.1) is 6.20 Å². The van der Waals surface area contributed by atoms with Crippen molar-refractivity contribution >= 4 is 40.5 Å². The molecule has 0 bridgehead atoms. The zero-order chi connectivity index (χ0) is 19.5. The fraction of sp³-hybridized carbons (Fsp3) is 0.316. The zero-order valence-corrected chi connectivity index (χ0v) is 16.6. The van der Waals surface area contributed by atoms with Crippen LogP contribution in [0.1, 0.15) is 24.0 Å². The van der Waals surface area contributed by atoms with Crippen molar-refractivity contribution in [2.24, 2.45) is 0 Å². The zero-order valence-electron chi connectivity index (χ0n) is 15.0. The Morgan fingerprint density at radius 1 is 1.25 bits per heavy atom. The first-order chi connectivity index (χ1) is 13.6. The van der Waals surface area contributed by atoms with Gasteiger partial charge in [-0.3, -0.25) is 0 Å². The van der Waals surface area contributed by atoms with E-state index in [4.69, 9.17) is 23.2 Å². The number of nitrogens with one attached hydrogen (secondary N) is 3. The molecule has 28 heavy (non-hydrogen) atoms. The lowest BCUT2D eigenvalue weighted by molar-refractivity contribution is 0.479. The Hall–Kier alpha value is -2.53. The first-order valence-corrected chi connectivity index (χ1v) is 9.83. The highest BCUT2D eigenvalue weighted by atomic mass is 35.5. The summed E-state index contributed by atoms with van der Waals surface area (Å²) in [6.07, 6.45) is 3.72. The van der Waals surface area contributed by atoms with Crippen LogP contribution in [-0.4, -0.2) is 33.7 Å². The predicted molar refractivity (Wildman–Crippen MR) is 111 cm³/mol. The number of piperidine rings is 1. The minimum absolute atomic E-state index is 0.303. The monoisotopic (exact) mass is 415 g/mol. The molecule has 1 unspecified atom stereocenters. The summed E-state index contributed by atoms with van der Waals surface area (Å²) in [4.78, 5) is 4.60. The summed E-state index contributed by atoms with van der Waals surface area (Å²) in [6.45, 7) is 2.44. The molecule has 7 nitrogen and oxygen atoms in total. The molecule has 9 heteroatoms. The van der Waals surface area contributed by atoms with Crippen LogP contribution < -0.4 is 16.0 Å². The van der Waals surface area contributed by atoms with Gasteiger partial charge in [-0.05, 0) is 43.1 Å². The Morgan fingerprint density at radius 2 is 2.07 bits per heavy atom. The fourth-order valence-corrected chi connectivity index (χ4v) is 3.90. The van der Waals surface area contributed by atoms with Crippen molar-refractivity contribution in [3.8, 4) is 6.07 Å². The molecule has 3 N–H and O–H groups in total. The number of hydrogen-bond acceptors (Lipinski definition) is 6. The number of nitriles is 1. The summed E-state index contributed by atoms with van der Waals surface area (Å²) >= 11 is 12.2. The second-order valence-electron chi connectivity index (χ2n) is 6.75. The number of aromatic nitrogens is 3. The van der Waals surface area contributed by atoms with Gasteiger partial charge in [0.25, 0.3) is 0 Å². The van der Waals surface area contributed by atoms with Crippen LogP contribution in [0.2, 0.25) is 10.0 Å². The van der Waals surface area contributed by atoms with Crippen molar-refractivity contribution in [3.63, 3.8) is 0 Å². The molecule has 3 aromatic rings. The highest BCUT2D eigenvalue weighted by molar-refractivity contribution is 6.34. The molecule has 0 aliphatic carbocycles. The van der Waals surface area contributed by atoms with Crippen LogP contribution in [0.5, 0.6) is 0 Å². The predicted octanol–water partition coefficient (Wildman–Crippen LogP) is 3.68. The lowest BCUT2D eigenvalue weighted by atomic mass is 10.1. The number of halogens is 2. The molecule has 144 valence electrons. The number of fused-ring (bicyclic) bond motifs is 1. The normalized spacial score (nSPS) is 16.7. The SMILES string of the molecule is N#Cc1cnn2c(NCc3cc(Cl)cc(Cl)c3)cc(NC3CCCNC3)nc12. The smallest absolute Gasteiger partial charge is 0.177 e. The summed E-state index contributed by atoms with van der Waals surface area (Å²) < 4.78 is 1.63. The van der Waals surface area contributed by atoms with Gasteiger partial charge in [0.2, 0.25) is 0 Å². The Balaban J connectivity index is 1.63. The van der Waals surface area contributed by atoms with Gasteiger partial charge in [-0.2, -0.15) is 14.9 Å². The molecule has 1 saturated heterocycles. The number of anilines is 2. The molecular formula is C19H19Cl2N7. The second kappa shape index (κ2) is 8.23. The van der Waals surface area contributed by atoms with Crippen molar-refractivity contribution < 1.29 is 0 Å². The number of hydrogen-bond donors (Lipinski definition) is 3. The van der Waals surface area contributed by atoms with E-state index in [1.165, 1.54) is 6.20 Å². The maximum absolute atomic E-state index is 9.37. The van der Waals surface area contributed by atoms with Gasteiger partial charge in [0.1, 0.15) is 23.3 Å². The van der Waals surface area contributed by atoms with Crippen molar-refractivity contribution in [2.45, 2.75) is 25.4 Å². The molecule has 1 aromatic carbocycles. The van der Waals surface area contributed by atoms with Crippen LogP contribution in [-0.2, 0) is 6.54 Å². The van der Waals surface area contributed by atoms with Gasteiger partial charge in [0.15, 0.2) is 5.65 Å². The van der Waals surface area contributed by atoms with E-state index in [-0.39, 0.29) is 0 Å². The average molecular weight is 416 g/mol. The van der Waals surface area contributed by atoms with Gasteiger partial charge in [-0.25, -0.2) is 4.98 Å². The summed E-state index contributed by atoms with van der Waals surface area (Å²) in [5, 5.41) is 25.0. The van der Waals surface area contributed by atoms with Crippen molar-refractivity contribution in [2.75, 3.05) is 23.7 Å². The highest BCUT2D eigenvalue weighted by Crippen LogP contribution is 2.23. The minimum Gasteiger partial charge on any atom is -0.366 e. The van der Waals surface area contributed by atoms with Crippen LogP contribution in [0, 0.1) is 11.3 Å². The molecule has 4 rings (SSSR count). The lowest BCUT2D eigenvalue weighted by Crippen LogP contribution is -2.38. The van der Waals surface area contributed by atoms with E-state index in [9.17, 15) is 5.26 Å².